The molecule has 1 atom stereocenters. The van der Waals surface area contributed by atoms with Crippen molar-refractivity contribution in [1.82, 2.24) is 15.3 Å². The van der Waals surface area contributed by atoms with Crippen LogP contribution >= 0.6 is 0 Å². The minimum Gasteiger partial charge on any atom is -0.469 e. The first-order valence-electron chi connectivity index (χ1n) is 6.27. The maximum Gasteiger partial charge on any atom is 0.103 e. The molecule has 2 rings (SSSR count). The summed E-state index contributed by atoms with van der Waals surface area (Å²) in [6.45, 7) is 4.87. The third kappa shape index (κ3) is 3.96. The molecular formula is C14H19N3O. The molecule has 0 amide bonds. The summed E-state index contributed by atoms with van der Waals surface area (Å²) in [5.41, 5.74) is 1.93. The first-order chi connectivity index (χ1) is 8.74. The predicted octanol–water partition coefficient (Wildman–Crippen LogP) is 2.49. The van der Waals surface area contributed by atoms with Crippen LogP contribution < -0.4 is 5.32 Å². The van der Waals surface area contributed by atoms with Crippen LogP contribution in [-0.2, 0) is 13.0 Å². The highest BCUT2D eigenvalue weighted by atomic mass is 16.3. The molecule has 18 heavy (non-hydrogen) atoms. The monoisotopic (exact) mass is 245 g/mol. The topological polar surface area (TPSA) is 51.0 Å². The zero-order valence-corrected chi connectivity index (χ0v) is 10.9. The van der Waals surface area contributed by atoms with Crippen LogP contribution in [0.5, 0.6) is 0 Å². The molecule has 0 aliphatic carbocycles. The highest BCUT2D eigenvalue weighted by Gasteiger charge is 2.04. The summed E-state index contributed by atoms with van der Waals surface area (Å²) in [6, 6.07) is 4.37. The quantitative estimate of drug-likeness (QED) is 0.849. The Kier molecular flexibility index (Phi) is 4.47. The van der Waals surface area contributed by atoms with Gasteiger partial charge in [-0.05, 0) is 32.4 Å². The lowest BCUT2D eigenvalue weighted by Gasteiger charge is -2.12. The first-order valence-corrected chi connectivity index (χ1v) is 6.27. The minimum atomic E-state index is 0.429. The van der Waals surface area contributed by atoms with Crippen molar-refractivity contribution in [3.8, 4) is 0 Å². The Labute approximate surface area is 107 Å². The summed E-state index contributed by atoms with van der Waals surface area (Å²) in [4.78, 5) is 8.54. The number of aryl methyl sites for hydroxylation is 2. The second kappa shape index (κ2) is 6.31. The fourth-order valence-corrected chi connectivity index (χ4v) is 1.71. The van der Waals surface area contributed by atoms with Gasteiger partial charge in [-0.3, -0.25) is 9.97 Å². The van der Waals surface area contributed by atoms with Gasteiger partial charge in [0.05, 0.1) is 17.7 Å². The first kappa shape index (κ1) is 12.8. The highest BCUT2D eigenvalue weighted by Crippen LogP contribution is 2.06. The molecule has 4 heteroatoms. The number of hydrogen-bond donors (Lipinski definition) is 1. The van der Waals surface area contributed by atoms with Crippen molar-refractivity contribution in [2.24, 2.45) is 0 Å². The van der Waals surface area contributed by atoms with Crippen molar-refractivity contribution in [2.75, 3.05) is 0 Å². The zero-order chi connectivity index (χ0) is 12.8. The van der Waals surface area contributed by atoms with Crippen molar-refractivity contribution >= 4 is 0 Å². The molecule has 0 aliphatic heterocycles. The van der Waals surface area contributed by atoms with Crippen LogP contribution in [0.3, 0.4) is 0 Å². The second-order valence-electron chi connectivity index (χ2n) is 4.55. The SMILES string of the molecule is Cc1cnc(CNC(C)CCc2ccco2)cn1. The largest absolute Gasteiger partial charge is 0.469 e. The molecule has 1 N–H and O–H groups in total. The molecule has 0 spiro atoms. The Bertz CT molecular complexity index is 450. The summed E-state index contributed by atoms with van der Waals surface area (Å²) in [5, 5.41) is 3.44. The van der Waals surface area contributed by atoms with Gasteiger partial charge in [0.1, 0.15) is 5.76 Å². The molecule has 2 aromatic heterocycles. The average molecular weight is 245 g/mol. The van der Waals surface area contributed by atoms with E-state index in [1.54, 1.807) is 12.5 Å². The number of furan rings is 1. The number of hydrogen-bond acceptors (Lipinski definition) is 4. The van der Waals surface area contributed by atoms with Gasteiger partial charge < -0.3 is 9.73 Å². The van der Waals surface area contributed by atoms with Crippen molar-refractivity contribution in [2.45, 2.75) is 39.3 Å². The fraction of sp³-hybridized carbons (Fsp3) is 0.429. The van der Waals surface area contributed by atoms with E-state index in [0.29, 0.717) is 6.04 Å². The third-order valence-electron chi connectivity index (χ3n) is 2.87. The molecular weight excluding hydrogens is 226 g/mol. The molecule has 0 saturated carbocycles. The van der Waals surface area contributed by atoms with E-state index in [2.05, 4.69) is 22.2 Å². The van der Waals surface area contributed by atoms with Crippen LogP contribution in [0.15, 0.2) is 35.2 Å². The molecule has 0 aliphatic rings. The van der Waals surface area contributed by atoms with E-state index >= 15 is 0 Å². The maximum atomic E-state index is 5.31. The average Bonchev–Trinajstić information content (AvgIpc) is 2.89. The predicted molar refractivity (Wildman–Crippen MR) is 70.1 cm³/mol. The molecule has 96 valence electrons. The smallest absolute Gasteiger partial charge is 0.103 e. The molecule has 0 radical (unpaired) electrons. The van der Waals surface area contributed by atoms with E-state index < -0.39 is 0 Å². The molecule has 0 aromatic carbocycles. The van der Waals surface area contributed by atoms with Crippen molar-refractivity contribution in [1.29, 1.82) is 0 Å². The summed E-state index contributed by atoms with van der Waals surface area (Å²) in [7, 11) is 0. The van der Waals surface area contributed by atoms with Gasteiger partial charge in [0.15, 0.2) is 0 Å². The minimum absolute atomic E-state index is 0.429. The molecule has 2 aromatic rings. The van der Waals surface area contributed by atoms with E-state index in [1.807, 2.05) is 25.3 Å². The van der Waals surface area contributed by atoms with E-state index in [0.717, 1.165) is 36.5 Å². The van der Waals surface area contributed by atoms with E-state index in [1.165, 1.54) is 0 Å². The van der Waals surface area contributed by atoms with Gasteiger partial charge >= 0.3 is 0 Å². The standard InChI is InChI=1S/C14H19N3O/c1-11(5-6-14-4-3-7-18-14)15-9-13-10-16-12(2)8-17-13/h3-4,7-8,10-11,15H,5-6,9H2,1-2H3. The summed E-state index contributed by atoms with van der Waals surface area (Å²) < 4.78 is 5.31. The highest BCUT2D eigenvalue weighted by molar-refractivity contribution is 5.01. The van der Waals surface area contributed by atoms with Gasteiger partial charge in [0.25, 0.3) is 0 Å². The Morgan fingerprint density at radius 2 is 2.22 bits per heavy atom. The van der Waals surface area contributed by atoms with Crippen LogP contribution in [0.1, 0.15) is 30.5 Å². The van der Waals surface area contributed by atoms with Gasteiger partial charge in [0, 0.05) is 31.4 Å². The Balaban J connectivity index is 1.71. The van der Waals surface area contributed by atoms with Crippen molar-refractivity contribution < 1.29 is 4.42 Å². The van der Waals surface area contributed by atoms with Crippen LogP contribution in [0.25, 0.3) is 0 Å². The number of rotatable bonds is 6. The number of aromatic nitrogens is 2. The van der Waals surface area contributed by atoms with Gasteiger partial charge in [-0.2, -0.15) is 0 Å². The van der Waals surface area contributed by atoms with Crippen molar-refractivity contribution in [3.63, 3.8) is 0 Å². The van der Waals surface area contributed by atoms with Crippen molar-refractivity contribution in [3.05, 3.63) is 47.9 Å². The summed E-state index contributed by atoms with van der Waals surface area (Å²) in [6.07, 6.45) is 7.34. The van der Waals surface area contributed by atoms with Crippen LogP contribution in [0.4, 0.5) is 0 Å². The fourth-order valence-electron chi connectivity index (χ4n) is 1.71. The van der Waals surface area contributed by atoms with Crippen LogP contribution in [0, 0.1) is 6.92 Å². The van der Waals surface area contributed by atoms with E-state index in [-0.39, 0.29) is 0 Å². The third-order valence-corrected chi connectivity index (χ3v) is 2.87. The van der Waals surface area contributed by atoms with Gasteiger partial charge in [-0.1, -0.05) is 0 Å². The number of nitrogens with one attached hydrogen (secondary N) is 1. The molecule has 2 heterocycles. The van der Waals surface area contributed by atoms with Gasteiger partial charge in [-0.15, -0.1) is 0 Å². The summed E-state index contributed by atoms with van der Waals surface area (Å²) >= 11 is 0. The molecule has 1 unspecified atom stereocenters. The Morgan fingerprint density at radius 1 is 1.33 bits per heavy atom. The number of nitrogens with zero attached hydrogens (tertiary/aromatic N) is 2. The molecule has 0 bridgehead atoms. The van der Waals surface area contributed by atoms with Gasteiger partial charge in [0.2, 0.25) is 0 Å². The normalized spacial score (nSPS) is 12.6. The lowest BCUT2D eigenvalue weighted by atomic mass is 10.1. The summed E-state index contributed by atoms with van der Waals surface area (Å²) in [5.74, 6) is 1.04. The zero-order valence-electron chi connectivity index (χ0n) is 10.9. The van der Waals surface area contributed by atoms with E-state index in [9.17, 15) is 0 Å². The van der Waals surface area contributed by atoms with Gasteiger partial charge in [-0.25, -0.2) is 0 Å². The maximum absolute atomic E-state index is 5.31. The van der Waals surface area contributed by atoms with Crippen LogP contribution in [0.2, 0.25) is 0 Å². The lowest BCUT2D eigenvalue weighted by molar-refractivity contribution is 0.458. The Hall–Kier alpha value is -1.68. The lowest BCUT2D eigenvalue weighted by Crippen LogP contribution is -2.26. The molecule has 0 saturated heterocycles. The van der Waals surface area contributed by atoms with Crippen LogP contribution in [-0.4, -0.2) is 16.0 Å². The molecule has 4 nitrogen and oxygen atoms in total. The molecule has 0 fully saturated rings. The second-order valence-corrected chi connectivity index (χ2v) is 4.55. The Morgan fingerprint density at radius 3 is 2.89 bits per heavy atom. The van der Waals surface area contributed by atoms with E-state index in [4.69, 9.17) is 4.42 Å².